The van der Waals surface area contributed by atoms with E-state index in [2.05, 4.69) is 38.9 Å². The highest BCUT2D eigenvalue weighted by molar-refractivity contribution is 7.89. The summed E-state index contributed by atoms with van der Waals surface area (Å²) in [5.41, 5.74) is 3.18. The summed E-state index contributed by atoms with van der Waals surface area (Å²) < 4.78 is 28.5. The Kier molecular flexibility index (Phi) is 6.53. The van der Waals surface area contributed by atoms with E-state index in [0.717, 1.165) is 11.3 Å². The predicted octanol–water partition coefficient (Wildman–Crippen LogP) is 5.39. The number of nitrogens with one attached hydrogen (secondary N) is 1. The van der Waals surface area contributed by atoms with Gasteiger partial charge in [0, 0.05) is 30.0 Å². The number of aryl methyl sites for hydroxylation is 1. The van der Waals surface area contributed by atoms with Crippen molar-refractivity contribution in [3.05, 3.63) is 88.2 Å². The van der Waals surface area contributed by atoms with Crippen molar-refractivity contribution in [1.82, 2.24) is 9.71 Å². The van der Waals surface area contributed by atoms with Crippen LogP contribution in [-0.2, 0) is 10.0 Å². The summed E-state index contributed by atoms with van der Waals surface area (Å²) in [6.45, 7) is 2.70. The molecule has 2 atom stereocenters. The first-order valence-electron chi connectivity index (χ1n) is 10.0. The first kappa shape index (κ1) is 22.1. The quantitative estimate of drug-likeness (QED) is 0.537. The normalized spacial score (nSPS) is 19.4. The smallest absolute Gasteiger partial charge is 0.242 e. The van der Waals surface area contributed by atoms with Crippen molar-refractivity contribution in [2.45, 2.75) is 36.7 Å². The van der Waals surface area contributed by atoms with Crippen molar-refractivity contribution in [2.24, 2.45) is 0 Å². The van der Waals surface area contributed by atoms with E-state index in [1.807, 2.05) is 19.1 Å². The number of benzene rings is 2. The second-order valence-corrected chi connectivity index (χ2v) is 10.3. The van der Waals surface area contributed by atoms with E-state index in [1.54, 1.807) is 24.4 Å². The number of anilines is 1. The lowest BCUT2D eigenvalue weighted by Crippen LogP contribution is -2.46. The molecule has 1 aliphatic heterocycles. The Morgan fingerprint density at radius 1 is 1.10 bits per heavy atom. The number of sulfonamides is 1. The van der Waals surface area contributed by atoms with Gasteiger partial charge in [0.05, 0.1) is 16.8 Å². The van der Waals surface area contributed by atoms with Crippen molar-refractivity contribution < 1.29 is 8.42 Å². The Labute approximate surface area is 193 Å². The van der Waals surface area contributed by atoms with Crippen molar-refractivity contribution in [3.8, 4) is 0 Å². The molecular formula is C23H23Cl2N3O2S. The van der Waals surface area contributed by atoms with E-state index in [9.17, 15) is 8.42 Å². The van der Waals surface area contributed by atoms with Gasteiger partial charge in [-0.25, -0.2) is 13.1 Å². The molecule has 1 fully saturated rings. The van der Waals surface area contributed by atoms with Gasteiger partial charge >= 0.3 is 0 Å². The minimum absolute atomic E-state index is 0.0328. The highest BCUT2D eigenvalue weighted by atomic mass is 35.5. The monoisotopic (exact) mass is 475 g/mol. The molecule has 0 unspecified atom stereocenters. The average Bonchev–Trinajstić information content (AvgIpc) is 2.75. The van der Waals surface area contributed by atoms with Gasteiger partial charge in [-0.05, 0) is 55.7 Å². The zero-order valence-corrected chi connectivity index (χ0v) is 19.3. The van der Waals surface area contributed by atoms with Crippen LogP contribution in [0.5, 0.6) is 0 Å². The molecule has 2 aromatic carbocycles. The molecular weight excluding hydrogens is 453 g/mol. The Hall–Kier alpha value is -2.12. The maximum atomic E-state index is 12.8. The molecule has 4 rings (SSSR count). The molecule has 1 aliphatic rings. The van der Waals surface area contributed by atoms with E-state index < -0.39 is 10.0 Å². The van der Waals surface area contributed by atoms with Gasteiger partial charge in [0.25, 0.3) is 0 Å². The summed E-state index contributed by atoms with van der Waals surface area (Å²) in [5.74, 6) is 0. The Bertz CT molecular complexity index is 1160. The molecule has 3 aromatic rings. The average molecular weight is 476 g/mol. The van der Waals surface area contributed by atoms with Crippen LogP contribution in [0, 0.1) is 6.92 Å². The summed E-state index contributed by atoms with van der Waals surface area (Å²) >= 11 is 12.6. The van der Waals surface area contributed by atoms with Crippen LogP contribution in [0.4, 0.5) is 5.69 Å². The molecule has 2 heterocycles. The van der Waals surface area contributed by atoms with Crippen LogP contribution in [0.1, 0.15) is 30.0 Å². The van der Waals surface area contributed by atoms with Crippen molar-refractivity contribution in [2.75, 3.05) is 11.4 Å². The molecule has 8 heteroatoms. The minimum atomic E-state index is -3.64. The van der Waals surface area contributed by atoms with Crippen LogP contribution >= 0.6 is 23.2 Å². The molecule has 1 aromatic heterocycles. The maximum Gasteiger partial charge on any atom is 0.242 e. The summed E-state index contributed by atoms with van der Waals surface area (Å²) in [7, 11) is -3.64. The highest BCUT2D eigenvalue weighted by Gasteiger charge is 2.33. The number of pyridine rings is 1. The maximum absolute atomic E-state index is 12.8. The third kappa shape index (κ3) is 5.04. The molecule has 0 bridgehead atoms. The Balaban J connectivity index is 1.63. The SMILES string of the molecule is Cc1ccc([C@@H]2C[C@H](NS(=O)(=O)c3cccnc3)CCN2c2ccc(Cl)cc2Cl)cc1. The number of hydrogen-bond donors (Lipinski definition) is 1. The van der Waals surface area contributed by atoms with E-state index >= 15 is 0 Å². The number of hydrogen-bond acceptors (Lipinski definition) is 4. The summed E-state index contributed by atoms with van der Waals surface area (Å²) in [5, 5.41) is 1.17. The highest BCUT2D eigenvalue weighted by Crippen LogP contribution is 2.39. The predicted molar refractivity (Wildman–Crippen MR) is 125 cm³/mol. The molecule has 0 spiro atoms. The second kappa shape index (κ2) is 9.17. The van der Waals surface area contributed by atoms with Gasteiger partial charge in [-0.2, -0.15) is 0 Å². The number of halogens is 2. The van der Waals surface area contributed by atoms with Gasteiger partial charge in [0.2, 0.25) is 10.0 Å². The van der Waals surface area contributed by atoms with Crippen LogP contribution in [0.3, 0.4) is 0 Å². The first-order valence-corrected chi connectivity index (χ1v) is 12.3. The van der Waals surface area contributed by atoms with Crippen molar-refractivity contribution in [1.29, 1.82) is 0 Å². The zero-order valence-electron chi connectivity index (χ0n) is 17.0. The lowest BCUT2D eigenvalue weighted by molar-refractivity contribution is 0.395. The minimum Gasteiger partial charge on any atom is -0.363 e. The molecule has 5 nitrogen and oxygen atoms in total. The summed E-state index contributed by atoms with van der Waals surface area (Å²) in [6.07, 6.45) is 4.19. The molecule has 0 saturated carbocycles. The van der Waals surface area contributed by atoms with Crippen LogP contribution in [-0.4, -0.2) is 26.0 Å². The fourth-order valence-electron chi connectivity index (χ4n) is 3.97. The van der Waals surface area contributed by atoms with Gasteiger partial charge in [-0.1, -0.05) is 53.0 Å². The number of aromatic nitrogens is 1. The lowest BCUT2D eigenvalue weighted by Gasteiger charge is -2.42. The number of piperidine rings is 1. The first-order chi connectivity index (χ1) is 14.8. The van der Waals surface area contributed by atoms with Gasteiger partial charge in [0.15, 0.2) is 0 Å². The number of rotatable bonds is 5. The Morgan fingerprint density at radius 2 is 1.87 bits per heavy atom. The molecule has 0 aliphatic carbocycles. The standard InChI is InChI=1S/C23H23Cl2N3O2S/c1-16-4-6-17(7-5-16)23-14-19(27-31(29,30)20-3-2-11-26-15-20)10-12-28(23)22-9-8-18(24)13-21(22)25/h2-9,11,13,15,19,23,27H,10,12,14H2,1H3/t19-,23+/m1/s1. The topological polar surface area (TPSA) is 62.3 Å². The zero-order chi connectivity index (χ0) is 22.0. The van der Waals surface area contributed by atoms with Gasteiger partial charge in [-0.15, -0.1) is 0 Å². The third-order valence-corrected chi connectivity index (χ3v) is 7.59. The van der Waals surface area contributed by atoms with Crippen LogP contribution in [0.25, 0.3) is 0 Å². The van der Waals surface area contributed by atoms with Crippen molar-refractivity contribution >= 4 is 38.9 Å². The van der Waals surface area contributed by atoms with E-state index in [-0.39, 0.29) is 17.0 Å². The summed E-state index contributed by atoms with van der Waals surface area (Å²) in [4.78, 5) is 6.34. The lowest BCUT2D eigenvalue weighted by atomic mass is 9.91. The molecule has 0 radical (unpaired) electrons. The van der Waals surface area contributed by atoms with Gasteiger partial charge in [-0.3, -0.25) is 4.98 Å². The molecule has 1 saturated heterocycles. The van der Waals surface area contributed by atoms with E-state index in [4.69, 9.17) is 23.2 Å². The van der Waals surface area contributed by atoms with Crippen LogP contribution < -0.4 is 9.62 Å². The second-order valence-electron chi connectivity index (χ2n) is 7.75. The largest absolute Gasteiger partial charge is 0.363 e. The summed E-state index contributed by atoms with van der Waals surface area (Å²) in [6, 6.07) is 16.7. The Morgan fingerprint density at radius 3 is 2.55 bits per heavy atom. The van der Waals surface area contributed by atoms with Crippen LogP contribution in [0.2, 0.25) is 10.0 Å². The third-order valence-electron chi connectivity index (χ3n) is 5.55. The van der Waals surface area contributed by atoms with E-state index in [1.165, 1.54) is 11.8 Å². The van der Waals surface area contributed by atoms with Gasteiger partial charge < -0.3 is 4.90 Å². The fourth-order valence-corrected chi connectivity index (χ4v) is 5.74. The number of nitrogens with zero attached hydrogens (tertiary/aromatic N) is 2. The van der Waals surface area contributed by atoms with Crippen LogP contribution in [0.15, 0.2) is 71.9 Å². The van der Waals surface area contributed by atoms with Crippen molar-refractivity contribution in [3.63, 3.8) is 0 Å². The molecule has 0 amide bonds. The fraction of sp³-hybridized carbons (Fsp3) is 0.261. The van der Waals surface area contributed by atoms with E-state index in [0.29, 0.717) is 29.4 Å². The molecule has 1 N–H and O–H groups in total. The van der Waals surface area contributed by atoms with Gasteiger partial charge in [0.1, 0.15) is 4.90 Å². The molecule has 31 heavy (non-hydrogen) atoms. The molecule has 162 valence electrons.